The van der Waals surface area contributed by atoms with Gasteiger partial charge in [0.1, 0.15) is 10.6 Å². The second-order valence-electron chi connectivity index (χ2n) is 6.75. The van der Waals surface area contributed by atoms with E-state index < -0.39 is 9.84 Å². The van der Waals surface area contributed by atoms with Crippen LogP contribution in [0, 0.1) is 6.92 Å². The standard InChI is InChI=1S/C19H30O5S/c1-15-12-17(19(21)18(13-15)25(3,22)23)11-9-7-5-4-6-8-10-16(2)24-14-20/h12-14,16,21H,4-11H2,1-3H3. The average molecular weight is 371 g/mol. The molecule has 0 heterocycles. The maximum absolute atomic E-state index is 11.7. The summed E-state index contributed by atoms with van der Waals surface area (Å²) in [5.74, 6) is -0.0998. The summed E-state index contributed by atoms with van der Waals surface area (Å²) in [7, 11) is -3.42. The summed E-state index contributed by atoms with van der Waals surface area (Å²) in [5, 5.41) is 10.2. The summed E-state index contributed by atoms with van der Waals surface area (Å²) >= 11 is 0. The number of phenols is 1. The van der Waals surface area contributed by atoms with Gasteiger partial charge in [0, 0.05) is 6.26 Å². The number of carbonyl (C=O) groups is 1. The average Bonchev–Trinajstić information content (AvgIpc) is 2.51. The maximum atomic E-state index is 11.7. The molecule has 0 fully saturated rings. The van der Waals surface area contributed by atoms with Gasteiger partial charge in [-0.25, -0.2) is 8.42 Å². The van der Waals surface area contributed by atoms with Gasteiger partial charge in [0.15, 0.2) is 9.84 Å². The largest absolute Gasteiger partial charge is 0.506 e. The lowest BCUT2D eigenvalue weighted by molar-refractivity contribution is -0.133. The minimum Gasteiger partial charge on any atom is -0.506 e. The second kappa shape index (κ2) is 10.4. The van der Waals surface area contributed by atoms with Gasteiger partial charge in [-0.2, -0.15) is 0 Å². The molecular formula is C19H30O5S. The second-order valence-corrected chi connectivity index (χ2v) is 8.73. The van der Waals surface area contributed by atoms with Crippen molar-refractivity contribution in [1.82, 2.24) is 0 Å². The number of benzene rings is 1. The Morgan fingerprint density at radius 3 is 2.32 bits per heavy atom. The molecule has 25 heavy (non-hydrogen) atoms. The predicted molar refractivity (Wildman–Crippen MR) is 98.6 cm³/mol. The van der Waals surface area contributed by atoms with Crippen LogP contribution in [0.3, 0.4) is 0 Å². The van der Waals surface area contributed by atoms with Gasteiger partial charge in [0.05, 0.1) is 6.10 Å². The number of phenolic OH excluding ortho intramolecular Hbond substituents is 1. The zero-order valence-electron chi connectivity index (χ0n) is 15.5. The van der Waals surface area contributed by atoms with E-state index in [2.05, 4.69) is 0 Å². The van der Waals surface area contributed by atoms with Crippen molar-refractivity contribution in [3.05, 3.63) is 23.3 Å². The number of rotatable bonds is 12. The third-order valence-electron chi connectivity index (χ3n) is 4.29. The number of unbranched alkanes of at least 4 members (excludes halogenated alkanes) is 5. The van der Waals surface area contributed by atoms with E-state index in [-0.39, 0.29) is 16.7 Å². The van der Waals surface area contributed by atoms with Crippen LogP contribution in [0.25, 0.3) is 0 Å². The smallest absolute Gasteiger partial charge is 0.293 e. The van der Waals surface area contributed by atoms with Crippen LogP contribution in [0.2, 0.25) is 0 Å². The highest BCUT2D eigenvalue weighted by atomic mass is 32.2. The lowest BCUT2D eigenvalue weighted by atomic mass is 10.0. The zero-order valence-corrected chi connectivity index (χ0v) is 16.3. The first-order valence-corrected chi connectivity index (χ1v) is 10.8. The van der Waals surface area contributed by atoms with Gasteiger partial charge in [-0.1, -0.05) is 31.7 Å². The summed E-state index contributed by atoms with van der Waals surface area (Å²) in [4.78, 5) is 10.2. The normalized spacial score (nSPS) is 12.8. The molecular weight excluding hydrogens is 340 g/mol. The Kier molecular flexibility index (Phi) is 8.97. The van der Waals surface area contributed by atoms with Crippen LogP contribution in [0.4, 0.5) is 0 Å². The Hall–Kier alpha value is -1.56. The van der Waals surface area contributed by atoms with Gasteiger partial charge in [-0.05, 0) is 56.7 Å². The summed E-state index contributed by atoms with van der Waals surface area (Å²) in [6.45, 7) is 4.24. The molecule has 1 aromatic carbocycles. The van der Waals surface area contributed by atoms with Crippen molar-refractivity contribution in [2.24, 2.45) is 0 Å². The lowest BCUT2D eigenvalue weighted by Gasteiger charge is -2.11. The van der Waals surface area contributed by atoms with Crippen LogP contribution in [-0.4, -0.2) is 32.4 Å². The van der Waals surface area contributed by atoms with Crippen molar-refractivity contribution in [3.8, 4) is 5.75 Å². The minimum absolute atomic E-state index is 0.00849. The molecule has 142 valence electrons. The van der Waals surface area contributed by atoms with Crippen LogP contribution in [0.15, 0.2) is 17.0 Å². The Morgan fingerprint density at radius 2 is 1.72 bits per heavy atom. The van der Waals surface area contributed by atoms with Crippen molar-refractivity contribution < 1.29 is 23.1 Å². The molecule has 0 aromatic heterocycles. The van der Waals surface area contributed by atoms with E-state index in [9.17, 15) is 18.3 Å². The van der Waals surface area contributed by atoms with Crippen molar-refractivity contribution >= 4 is 16.3 Å². The molecule has 0 spiro atoms. The topological polar surface area (TPSA) is 80.7 Å². The molecule has 1 aromatic rings. The molecule has 0 amide bonds. The van der Waals surface area contributed by atoms with Crippen LogP contribution in [0.1, 0.15) is 63.0 Å². The van der Waals surface area contributed by atoms with E-state index in [1.54, 1.807) is 0 Å². The van der Waals surface area contributed by atoms with Crippen molar-refractivity contribution in [1.29, 1.82) is 0 Å². The molecule has 1 N–H and O–H groups in total. The zero-order chi connectivity index (χ0) is 18.9. The fourth-order valence-corrected chi connectivity index (χ4v) is 3.79. The molecule has 6 heteroatoms. The van der Waals surface area contributed by atoms with Crippen molar-refractivity contribution in [2.45, 2.75) is 76.2 Å². The first-order valence-electron chi connectivity index (χ1n) is 8.87. The van der Waals surface area contributed by atoms with Crippen LogP contribution in [0.5, 0.6) is 5.75 Å². The number of aromatic hydroxyl groups is 1. The van der Waals surface area contributed by atoms with Crippen LogP contribution < -0.4 is 0 Å². The minimum atomic E-state index is -3.42. The van der Waals surface area contributed by atoms with Crippen molar-refractivity contribution in [2.75, 3.05) is 6.26 Å². The molecule has 1 unspecified atom stereocenters. The number of ether oxygens (including phenoxy) is 1. The Labute approximate surface area is 151 Å². The van der Waals surface area contributed by atoms with Gasteiger partial charge in [0.25, 0.3) is 6.47 Å². The first-order chi connectivity index (χ1) is 11.8. The predicted octanol–water partition coefficient (Wildman–Crippen LogP) is 3.94. The lowest BCUT2D eigenvalue weighted by Crippen LogP contribution is -2.05. The van der Waals surface area contributed by atoms with E-state index in [4.69, 9.17) is 4.74 Å². The quantitative estimate of drug-likeness (QED) is 0.445. The van der Waals surface area contributed by atoms with E-state index in [0.29, 0.717) is 18.5 Å². The number of hydrogen-bond acceptors (Lipinski definition) is 5. The molecule has 1 rings (SSSR count). The fourth-order valence-electron chi connectivity index (χ4n) is 2.91. The molecule has 1 atom stereocenters. The fraction of sp³-hybridized carbons (Fsp3) is 0.632. The van der Waals surface area contributed by atoms with Gasteiger partial charge >= 0.3 is 0 Å². The van der Waals surface area contributed by atoms with Gasteiger partial charge in [-0.15, -0.1) is 0 Å². The Morgan fingerprint density at radius 1 is 1.12 bits per heavy atom. The van der Waals surface area contributed by atoms with E-state index in [1.807, 2.05) is 19.9 Å². The summed E-state index contributed by atoms with van der Waals surface area (Å²) in [6, 6.07) is 3.38. The van der Waals surface area contributed by atoms with Gasteiger partial charge in [0.2, 0.25) is 0 Å². The van der Waals surface area contributed by atoms with Crippen LogP contribution in [-0.2, 0) is 25.8 Å². The molecule has 0 bridgehead atoms. The van der Waals surface area contributed by atoms with Crippen molar-refractivity contribution in [3.63, 3.8) is 0 Å². The number of aryl methyl sites for hydroxylation is 2. The van der Waals surface area contributed by atoms with Gasteiger partial charge < -0.3 is 9.84 Å². The summed E-state index contributed by atoms with van der Waals surface area (Å²) < 4.78 is 28.3. The monoisotopic (exact) mass is 370 g/mol. The molecule has 0 saturated heterocycles. The third kappa shape index (κ3) is 7.90. The van der Waals surface area contributed by atoms with E-state index in [1.165, 1.54) is 6.07 Å². The number of hydrogen-bond donors (Lipinski definition) is 1. The molecule has 0 radical (unpaired) electrons. The molecule has 0 aliphatic rings. The molecule has 0 saturated carbocycles. The summed E-state index contributed by atoms with van der Waals surface area (Å²) in [5.41, 5.74) is 1.56. The summed E-state index contributed by atoms with van der Waals surface area (Å²) in [6.07, 6.45) is 9.04. The first kappa shape index (κ1) is 21.5. The molecule has 5 nitrogen and oxygen atoms in total. The molecule has 0 aliphatic heterocycles. The molecule has 0 aliphatic carbocycles. The van der Waals surface area contributed by atoms with Crippen LogP contribution >= 0.6 is 0 Å². The Balaban J connectivity index is 2.33. The number of sulfone groups is 1. The van der Waals surface area contributed by atoms with Gasteiger partial charge in [-0.3, -0.25) is 4.79 Å². The van der Waals surface area contributed by atoms with E-state index in [0.717, 1.165) is 56.8 Å². The maximum Gasteiger partial charge on any atom is 0.293 e. The SMILES string of the molecule is Cc1cc(CCCCCCCCC(C)OC=O)c(O)c(S(C)(=O)=O)c1. The highest BCUT2D eigenvalue weighted by Gasteiger charge is 2.16. The highest BCUT2D eigenvalue weighted by molar-refractivity contribution is 7.90. The number of carbonyl (C=O) groups excluding carboxylic acids is 1. The highest BCUT2D eigenvalue weighted by Crippen LogP contribution is 2.29. The van der Waals surface area contributed by atoms with E-state index >= 15 is 0 Å². The Bertz CT molecular complexity index is 652. The third-order valence-corrected chi connectivity index (χ3v) is 5.40.